The topological polar surface area (TPSA) is 32.9 Å². The van der Waals surface area contributed by atoms with Gasteiger partial charge in [-0.25, -0.2) is 4.99 Å². The second kappa shape index (κ2) is 6.10. The molecule has 0 spiro atoms. The molecule has 0 aliphatic heterocycles. The van der Waals surface area contributed by atoms with Crippen LogP contribution in [0.2, 0.25) is 0 Å². The van der Waals surface area contributed by atoms with Crippen molar-refractivity contribution in [3.05, 3.63) is 53.5 Å². The van der Waals surface area contributed by atoms with E-state index in [0.29, 0.717) is 0 Å². The van der Waals surface area contributed by atoms with Crippen LogP contribution >= 0.6 is 11.5 Å². The molecule has 108 valence electrons. The molecule has 0 radical (unpaired) electrons. The van der Waals surface area contributed by atoms with Gasteiger partial charge in [-0.2, -0.15) is 4.37 Å². The van der Waals surface area contributed by atoms with Crippen molar-refractivity contribution in [1.29, 1.82) is 0 Å². The minimum atomic E-state index is 0.890. The van der Waals surface area contributed by atoms with Crippen LogP contribution in [0.3, 0.4) is 0 Å². The van der Waals surface area contributed by atoms with E-state index >= 15 is 0 Å². The largest absolute Gasteiger partial charge is 0.372 e. The Morgan fingerprint density at radius 1 is 1.10 bits per heavy atom. The van der Waals surface area contributed by atoms with Gasteiger partial charge in [0.05, 0.1) is 5.69 Å². The summed E-state index contributed by atoms with van der Waals surface area (Å²) in [5, 5.41) is 0. The van der Waals surface area contributed by atoms with Crippen molar-refractivity contribution >= 4 is 28.6 Å². The Morgan fingerprint density at radius 2 is 1.86 bits per heavy atom. The Balaban J connectivity index is 1.96. The van der Waals surface area contributed by atoms with Crippen LogP contribution in [0, 0.1) is 0 Å². The molecule has 0 fully saturated rings. The molecule has 1 aromatic carbocycles. The molecule has 0 aliphatic rings. The van der Waals surface area contributed by atoms with Gasteiger partial charge in [-0.3, -0.25) is 4.40 Å². The van der Waals surface area contributed by atoms with Crippen LogP contribution in [0.5, 0.6) is 0 Å². The van der Waals surface area contributed by atoms with Crippen LogP contribution in [0.15, 0.2) is 53.7 Å². The molecule has 4 nitrogen and oxygen atoms in total. The molecular formula is C16H18N4S. The molecule has 2 aromatic heterocycles. The number of hydrogen-bond donors (Lipinski definition) is 0. The number of benzene rings is 1. The SMILES string of the molecule is CCN(CC)c1ccc(N=c2snc3ccccn23)cc1. The zero-order valence-electron chi connectivity index (χ0n) is 12.2. The van der Waals surface area contributed by atoms with E-state index in [0.717, 1.165) is 29.2 Å². The summed E-state index contributed by atoms with van der Waals surface area (Å²) in [6.07, 6.45) is 1.99. The molecule has 3 aromatic rings. The average Bonchev–Trinajstić information content (AvgIpc) is 2.93. The summed E-state index contributed by atoms with van der Waals surface area (Å²) in [6, 6.07) is 14.3. The van der Waals surface area contributed by atoms with Crippen LogP contribution in [0.25, 0.3) is 5.65 Å². The molecule has 0 aliphatic carbocycles. The Labute approximate surface area is 128 Å². The van der Waals surface area contributed by atoms with Gasteiger partial charge in [-0.05, 0) is 50.2 Å². The number of anilines is 1. The van der Waals surface area contributed by atoms with Gasteiger partial charge in [0.25, 0.3) is 0 Å². The Hall–Kier alpha value is -2.14. The van der Waals surface area contributed by atoms with Crippen LogP contribution in [-0.2, 0) is 0 Å². The highest BCUT2D eigenvalue weighted by Crippen LogP contribution is 2.19. The summed E-state index contributed by atoms with van der Waals surface area (Å²) < 4.78 is 6.39. The van der Waals surface area contributed by atoms with Crippen molar-refractivity contribution in [2.24, 2.45) is 4.99 Å². The van der Waals surface area contributed by atoms with Gasteiger partial charge in [-0.15, -0.1) is 0 Å². The monoisotopic (exact) mass is 298 g/mol. The lowest BCUT2D eigenvalue weighted by atomic mass is 10.2. The maximum Gasteiger partial charge on any atom is 0.213 e. The van der Waals surface area contributed by atoms with Gasteiger partial charge < -0.3 is 4.90 Å². The number of hydrogen-bond acceptors (Lipinski definition) is 4. The average molecular weight is 298 g/mol. The molecule has 0 saturated carbocycles. The Morgan fingerprint density at radius 3 is 2.57 bits per heavy atom. The lowest BCUT2D eigenvalue weighted by Crippen LogP contribution is -2.21. The highest BCUT2D eigenvalue weighted by Gasteiger charge is 2.01. The standard InChI is InChI=1S/C16H18N4S/c1-3-19(4-2)14-10-8-13(9-11-14)17-16-20-12-6-5-7-15(20)18-21-16/h5-12H,3-4H2,1-2H3. The third kappa shape index (κ3) is 2.83. The zero-order chi connectivity index (χ0) is 14.7. The van der Waals surface area contributed by atoms with Gasteiger partial charge in [0, 0.05) is 36.5 Å². The smallest absolute Gasteiger partial charge is 0.213 e. The highest BCUT2D eigenvalue weighted by molar-refractivity contribution is 7.03. The molecule has 3 rings (SSSR count). The fourth-order valence-electron chi connectivity index (χ4n) is 2.31. The first-order chi connectivity index (χ1) is 10.3. The van der Waals surface area contributed by atoms with Gasteiger partial charge in [-0.1, -0.05) is 6.07 Å². The number of rotatable bonds is 4. The maximum atomic E-state index is 4.68. The molecule has 0 atom stereocenters. The van der Waals surface area contributed by atoms with Gasteiger partial charge in [0.1, 0.15) is 0 Å². The Bertz CT molecular complexity index is 782. The van der Waals surface area contributed by atoms with Gasteiger partial charge >= 0.3 is 0 Å². The second-order valence-electron chi connectivity index (χ2n) is 4.69. The van der Waals surface area contributed by atoms with E-state index < -0.39 is 0 Å². The van der Waals surface area contributed by atoms with Crippen molar-refractivity contribution in [3.63, 3.8) is 0 Å². The van der Waals surface area contributed by atoms with E-state index in [9.17, 15) is 0 Å². The predicted octanol–water partition coefficient (Wildman–Crippen LogP) is 3.47. The summed E-state index contributed by atoms with van der Waals surface area (Å²) in [5.41, 5.74) is 3.12. The maximum absolute atomic E-state index is 4.68. The first-order valence-corrected chi connectivity index (χ1v) is 7.92. The van der Waals surface area contributed by atoms with E-state index in [4.69, 9.17) is 0 Å². The minimum Gasteiger partial charge on any atom is -0.372 e. The lowest BCUT2D eigenvalue weighted by molar-refractivity contribution is 0.866. The number of fused-ring (bicyclic) bond motifs is 1. The van der Waals surface area contributed by atoms with E-state index in [2.05, 4.69) is 52.4 Å². The molecular weight excluding hydrogens is 280 g/mol. The fourth-order valence-corrected chi connectivity index (χ4v) is 3.03. The molecule has 0 N–H and O–H groups in total. The highest BCUT2D eigenvalue weighted by atomic mass is 32.1. The minimum absolute atomic E-state index is 0.890. The molecule has 0 unspecified atom stereocenters. The van der Waals surface area contributed by atoms with E-state index in [-0.39, 0.29) is 0 Å². The van der Waals surface area contributed by atoms with Crippen molar-refractivity contribution in [2.45, 2.75) is 13.8 Å². The quantitative estimate of drug-likeness (QED) is 0.739. The van der Waals surface area contributed by atoms with Crippen LogP contribution < -0.4 is 9.70 Å². The molecule has 5 heteroatoms. The number of nitrogens with zero attached hydrogens (tertiary/aromatic N) is 4. The summed E-state index contributed by atoms with van der Waals surface area (Å²) in [5.74, 6) is 0. The van der Waals surface area contributed by atoms with E-state index in [1.54, 1.807) is 0 Å². The normalized spacial score (nSPS) is 12.0. The second-order valence-corrected chi connectivity index (χ2v) is 5.42. The van der Waals surface area contributed by atoms with Crippen LogP contribution in [0.4, 0.5) is 11.4 Å². The molecule has 21 heavy (non-hydrogen) atoms. The molecule has 2 heterocycles. The zero-order valence-corrected chi connectivity index (χ0v) is 13.0. The number of pyridine rings is 1. The third-order valence-corrected chi connectivity index (χ3v) is 4.20. The fraction of sp³-hybridized carbons (Fsp3) is 0.250. The first kappa shape index (κ1) is 13.8. The van der Waals surface area contributed by atoms with E-state index in [1.807, 2.05) is 28.8 Å². The summed E-state index contributed by atoms with van der Waals surface area (Å²) in [4.78, 5) is 7.89. The first-order valence-electron chi connectivity index (χ1n) is 7.14. The molecule has 0 bridgehead atoms. The number of aromatic nitrogens is 2. The van der Waals surface area contributed by atoms with Gasteiger partial charge in [0.2, 0.25) is 4.80 Å². The van der Waals surface area contributed by atoms with Crippen molar-refractivity contribution in [2.75, 3.05) is 18.0 Å². The summed E-state index contributed by atoms with van der Waals surface area (Å²) in [6.45, 7) is 6.37. The van der Waals surface area contributed by atoms with Crippen molar-refractivity contribution in [3.8, 4) is 0 Å². The van der Waals surface area contributed by atoms with Crippen LogP contribution in [-0.4, -0.2) is 21.9 Å². The van der Waals surface area contributed by atoms with Crippen molar-refractivity contribution < 1.29 is 0 Å². The lowest BCUT2D eigenvalue weighted by Gasteiger charge is -2.20. The van der Waals surface area contributed by atoms with Crippen LogP contribution in [0.1, 0.15) is 13.8 Å². The third-order valence-electron chi connectivity index (χ3n) is 3.47. The van der Waals surface area contributed by atoms with Crippen molar-refractivity contribution in [1.82, 2.24) is 8.77 Å². The summed E-state index contributed by atoms with van der Waals surface area (Å²) in [7, 11) is 0. The molecule has 0 amide bonds. The molecule has 0 saturated heterocycles. The summed E-state index contributed by atoms with van der Waals surface area (Å²) >= 11 is 1.41. The predicted molar refractivity (Wildman–Crippen MR) is 88.3 cm³/mol. The Kier molecular flexibility index (Phi) is 4.01. The van der Waals surface area contributed by atoms with E-state index in [1.165, 1.54) is 17.2 Å². The van der Waals surface area contributed by atoms with Gasteiger partial charge in [0.15, 0.2) is 5.65 Å².